The molecule has 16 heteroatoms. The highest BCUT2D eigenvalue weighted by molar-refractivity contribution is 5.95. The van der Waals surface area contributed by atoms with E-state index in [2.05, 4.69) is 10.6 Å². The third-order valence-electron chi connectivity index (χ3n) is 4.15. The van der Waals surface area contributed by atoms with Gasteiger partial charge in [-0.2, -0.15) is 0 Å². The average molecular weight is 476 g/mol. The number of aliphatic hydroxyl groups is 1. The van der Waals surface area contributed by atoms with E-state index in [1.165, 1.54) is 0 Å². The van der Waals surface area contributed by atoms with Gasteiger partial charge < -0.3 is 48.5 Å². The van der Waals surface area contributed by atoms with Crippen molar-refractivity contribution in [2.24, 2.45) is 17.2 Å². The zero-order valence-corrected chi connectivity index (χ0v) is 17.5. The summed E-state index contributed by atoms with van der Waals surface area (Å²) in [5.41, 5.74) is 15.3. The van der Waals surface area contributed by atoms with Crippen molar-refractivity contribution in [3.63, 3.8) is 0 Å². The zero-order valence-electron chi connectivity index (χ0n) is 17.5. The Morgan fingerprint density at radius 2 is 1.15 bits per heavy atom. The van der Waals surface area contributed by atoms with Gasteiger partial charge in [0.2, 0.25) is 29.5 Å². The van der Waals surface area contributed by atoms with Crippen molar-refractivity contribution in [2.45, 2.75) is 56.3 Å². The van der Waals surface area contributed by atoms with E-state index >= 15 is 0 Å². The van der Waals surface area contributed by atoms with Crippen LogP contribution in [0.25, 0.3) is 0 Å². The second kappa shape index (κ2) is 14.3. The van der Waals surface area contributed by atoms with Crippen LogP contribution in [0.1, 0.15) is 32.1 Å². The number of hydrogen-bond acceptors (Lipinski definition) is 9. The predicted octanol–water partition coefficient (Wildman–Crippen LogP) is -5.15. The van der Waals surface area contributed by atoms with Gasteiger partial charge in [0.1, 0.15) is 24.2 Å². The van der Waals surface area contributed by atoms with Gasteiger partial charge in [-0.1, -0.05) is 0 Å². The molecule has 4 atom stereocenters. The molecule has 0 aromatic heterocycles. The molecule has 16 nitrogen and oxygen atoms in total. The summed E-state index contributed by atoms with van der Waals surface area (Å²) in [6.45, 7) is -0.754. The number of carboxylic acids is 2. The highest BCUT2D eigenvalue weighted by Gasteiger charge is 2.31. The summed E-state index contributed by atoms with van der Waals surface area (Å²) in [4.78, 5) is 81.3. The van der Waals surface area contributed by atoms with Crippen LogP contribution < -0.4 is 33.2 Å². The van der Waals surface area contributed by atoms with Crippen LogP contribution in [0.4, 0.5) is 0 Å². The summed E-state index contributed by atoms with van der Waals surface area (Å²) >= 11 is 0. The average Bonchev–Trinajstić information content (AvgIpc) is 2.71. The molecule has 0 saturated carbocycles. The molecule has 0 spiro atoms. The van der Waals surface area contributed by atoms with Crippen molar-refractivity contribution in [3.05, 3.63) is 0 Å². The second-order valence-electron chi connectivity index (χ2n) is 6.92. The molecule has 33 heavy (non-hydrogen) atoms. The first-order valence-electron chi connectivity index (χ1n) is 9.57. The Kier molecular flexibility index (Phi) is 12.7. The molecule has 0 aliphatic rings. The SMILES string of the molecule is NC(=O)CCC(NC(=O)C(N)CO)C(=O)NC(CCC(=O)O)C(=O)NC(CC(N)=O)C(=O)O. The fourth-order valence-corrected chi connectivity index (χ4v) is 2.40. The minimum atomic E-state index is -1.74. The molecule has 0 aromatic carbocycles. The predicted molar refractivity (Wildman–Crippen MR) is 108 cm³/mol. The number of nitrogens with two attached hydrogens (primary N) is 3. The lowest BCUT2D eigenvalue weighted by Gasteiger charge is -2.24. The smallest absolute Gasteiger partial charge is 0.326 e. The first kappa shape index (κ1) is 29.2. The van der Waals surface area contributed by atoms with E-state index in [1.807, 2.05) is 5.32 Å². The van der Waals surface area contributed by atoms with E-state index in [1.54, 1.807) is 0 Å². The number of carbonyl (C=O) groups is 7. The molecule has 0 saturated heterocycles. The molecule has 0 bridgehead atoms. The van der Waals surface area contributed by atoms with Crippen LogP contribution in [0.5, 0.6) is 0 Å². The van der Waals surface area contributed by atoms with Crippen LogP contribution >= 0.6 is 0 Å². The summed E-state index contributed by atoms with van der Waals surface area (Å²) in [5.74, 6) is -7.92. The first-order chi connectivity index (χ1) is 15.3. The van der Waals surface area contributed by atoms with Gasteiger partial charge in [-0.3, -0.25) is 28.8 Å². The Balaban J connectivity index is 5.60. The number of aliphatic hydroxyl groups excluding tert-OH is 1. The minimum Gasteiger partial charge on any atom is -0.481 e. The van der Waals surface area contributed by atoms with E-state index in [9.17, 15) is 33.6 Å². The van der Waals surface area contributed by atoms with Crippen LogP contribution in [0.3, 0.4) is 0 Å². The summed E-state index contributed by atoms with van der Waals surface area (Å²) in [6, 6.07) is -6.19. The minimum absolute atomic E-state index is 0.322. The Morgan fingerprint density at radius 3 is 1.55 bits per heavy atom. The molecule has 0 radical (unpaired) electrons. The molecule has 0 fully saturated rings. The highest BCUT2D eigenvalue weighted by Crippen LogP contribution is 2.05. The summed E-state index contributed by atoms with van der Waals surface area (Å²) < 4.78 is 0. The van der Waals surface area contributed by atoms with Gasteiger partial charge in [0.15, 0.2) is 0 Å². The maximum absolute atomic E-state index is 12.7. The van der Waals surface area contributed by atoms with Gasteiger partial charge in [-0.25, -0.2) is 4.79 Å². The number of aliphatic carboxylic acids is 2. The van der Waals surface area contributed by atoms with E-state index in [0.717, 1.165) is 0 Å². The highest BCUT2D eigenvalue weighted by atomic mass is 16.4. The van der Waals surface area contributed by atoms with Crippen LogP contribution in [-0.2, 0) is 33.6 Å². The number of primary amides is 2. The van der Waals surface area contributed by atoms with Gasteiger partial charge in [0.05, 0.1) is 13.0 Å². The van der Waals surface area contributed by atoms with Crippen LogP contribution in [0.15, 0.2) is 0 Å². The molecule has 0 heterocycles. The van der Waals surface area contributed by atoms with Crippen molar-refractivity contribution in [1.29, 1.82) is 0 Å². The maximum Gasteiger partial charge on any atom is 0.326 e. The molecular formula is C17H28N6O10. The number of carbonyl (C=O) groups excluding carboxylic acids is 5. The number of nitrogens with one attached hydrogen (secondary N) is 3. The Labute approximate surface area is 187 Å². The summed E-state index contributed by atoms with van der Waals surface area (Å²) in [7, 11) is 0. The van der Waals surface area contributed by atoms with Crippen molar-refractivity contribution in [3.8, 4) is 0 Å². The van der Waals surface area contributed by atoms with E-state index < -0.39 is 91.5 Å². The molecule has 12 N–H and O–H groups in total. The normalized spacial score (nSPS) is 14.1. The zero-order chi connectivity index (χ0) is 25.7. The maximum atomic E-state index is 12.7. The molecular weight excluding hydrogens is 448 g/mol. The lowest BCUT2D eigenvalue weighted by molar-refractivity contribution is -0.144. The molecule has 0 aliphatic carbocycles. The van der Waals surface area contributed by atoms with Crippen molar-refractivity contribution < 1.29 is 48.9 Å². The summed E-state index contributed by atoms with van der Waals surface area (Å²) in [6.07, 6.45) is -2.55. The van der Waals surface area contributed by atoms with Crippen molar-refractivity contribution >= 4 is 41.5 Å². The van der Waals surface area contributed by atoms with Crippen LogP contribution in [0.2, 0.25) is 0 Å². The van der Waals surface area contributed by atoms with E-state index in [0.29, 0.717) is 0 Å². The van der Waals surface area contributed by atoms with Gasteiger partial charge in [-0.05, 0) is 12.8 Å². The number of carboxylic acid groups (broad SMARTS) is 2. The van der Waals surface area contributed by atoms with Gasteiger partial charge in [0, 0.05) is 12.8 Å². The van der Waals surface area contributed by atoms with Gasteiger partial charge >= 0.3 is 11.9 Å². The topological polar surface area (TPSA) is 294 Å². The Bertz CT molecular complexity index is 773. The van der Waals surface area contributed by atoms with Gasteiger partial charge in [0.25, 0.3) is 0 Å². The molecule has 186 valence electrons. The van der Waals surface area contributed by atoms with E-state index in [4.69, 9.17) is 32.5 Å². The van der Waals surface area contributed by atoms with Crippen LogP contribution in [-0.4, -0.2) is 87.6 Å². The number of hydrogen-bond donors (Lipinski definition) is 9. The number of amides is 5. The fourth-order valence-electron chi connectivity index (χ4n) is 2.40. The molecule has 0 aromatic rings. The lowest BCUT2D eigenvalue weighted by atomic mass is 10.1. The Morgan fingerprint density at radius 1 is 0.697 bits per heavy atom. The third kappa shape index (κ3) is 12.0. The van der Waals surface area contributed by atoms with Gasteiger partial charge in [-0.15, -0.1) is 0 Å². The second-order valence-corrected chi connectivity index (χ2v) is 6.92. The van der Waals surface area contributed by atoms with E-state index in [-0.39, 0.29) is 12.8 Å². The first-order valence-corrected chi connectivity index (χ1v) is 9.57. The van der Waals surface area contributed by atoms with Crippen molar-refractivity contribution in [1.82, 2.24) is 16.0 Å². The number of rotatable bonds is 16. The van der Waals surface area contributed by atoms with Crippen LogP contribution in [0, 0.1) is 0 Å². The molecule has 4 unspecified atom stereocenters. The molecule has 5 amide bonds. The monoisotopic (exact) mass is 476 g/mol. The molecule has 0 rings (SSSR count). The standard InChI is InChI=1S/C17H28N6O10/c18-7(6-24)14(29)21-8(1-3-11(19)25)15(30)22-9(2-4-13(27)28)16(31)23-10(17(32)33)5-12(20)26/h7-10,24H,1-6,18H2,(H2,19,25)(H2,20,26)(H,21,29)(H,22,30)(H,23,31)(H,27,28)(H,32,33). The Hall–Kier alpha value is -3.79. The summed E-state index contributed by atoms with van der Waals surface area (Å²) in [5, 5.41) is 33.3. The quantitative estimate of drug-likeness (QED) is 0.101. The van der Waals surface area contributed by atoms with Crippen molar-refractivity contribution in [2.75, 3.05) is 6.61 Å². The lowest BCUT2D eigenvalue weighted by Crippen LogP contribution is -2.57. The third-order valence-corrected chi connectivity index (χ3v) is 4.15. The fraction of sp³-hybridized carbons (Fsp3) is 0.588. The molecule has 0 aliphatic heterocycles. The largest absolute Gasteiger partial charge is 0.481 e.